The zero-order valence-corrected chi connectivity index (χ0v) is 24.3. The summed E-state index contributed by atoms with van der Waals surface area (Å²) < 4.78 is 51.3. The van der Waals surface area contributed by atoms with Gasteiger partial charge in [0, 0.05) is 45.1 Å². The number of hydrogen-bond acceptors (Lipinski definition) is 6. The topological polar surface area (TPSA) is 108 Å². The van der Waals surface area contributed by atoms with Crippen LogP contribution in [0.5, 0.6) is 5.75 Å². The van der Waals surface area contributed by atoms with Crippen molar-refractivity contribution in [2.24, 2.45) is 0 Å². The summed E-state index contributed by atoms with van der Waals surface area (Å²) in [5.74, 6) is -5.34. The second kappa shape index (κ2) is 14.3. The zero-order valence-electron chi connectivity index (χ0n) is 24.3. The van der Waals surface area contributed by atoms with Crippen molar-refractivity contribution in [3.8, 4) is 5.75 Å². The van der Waals surface area contributed by atoms with Crippen LogP contribution in [0.2, 0.25) is 0 Å². The molecule has 2 bridgehead atoms. The number of carboxylic acids is 1. The van der Waals surface area contributed by atoms with Gasteiger partial charge in [0.15, 0.2) is 17.4 Å². The van der Waals surface area contributed by atoms with Gasteiger partial charge in [-0.3, -0.25) is 9.59 Å². The number of aryl methyl sites for hydroxylation is 1. The van der Waals surface area contributed by atoms with E-state index < -0.39 is 35.2 Å². The lowest BCUT2D eigenvalue weighted by Gasteiger charge is -2.43. The number of benzene rings is 2. The van der Waals surface area contributed by atoms with Crippen LogP contribution in [0.4, 0.5) is 13.2 Å². The second-order valence-corrected chi connectivity index (χ2v) is 11.3. The summed E-state index contributed by atoms with van der Waals surface area (Å²) in [4.78, 5) is 41.3. The summed E-state index contributed by atoms with van der Waals surface area (Å²) in [7, 11) is 0. The van der Waals surface area contributed by atoms with Crippen LogP contribution in [0.25, 0.3) is 5.57 Å². The molecular weight excluding hydrogens is 579 g/mol. The van der Waals surface area contributed by atoms with E-state index in [4.69, 9.17) is 9.47 Å². The van der Waals surface area contributed by atoms with Crippen LogP contribution in [0.3, 0.4) is 0 Å². The van der Waals surface area contributed by atoms with Gasteiger partial charge in [0.1, 0.15) is 0 Å². The SMILES string of the molecule is O=C(O)C1=C(c2ccc(CCCOc3c(F)ccc(F)c3F)cc2)C[C@@H]2CN(C(=O)CCCC(=O)N3CCOCC3)C[C@H]1N2. The molecule has 2 atom stereocenters. The van der Waals surface area contributed by atoms with Gasteiger partial charge in [-0.05, 0) is 54.5 Å². The fourth-order valence-electron chi connectivity index (χ4n) is 6.05. The highest BCUT2D eigenvalue weighted by Crippen LogP contribution is 2.34. The lowest BCUT2D eigenvalue weighted by Crippen LogP contribution is -2.61. The summed E-state index contributed by atoms with van der Waals surface area (Å²) in [5.41, 5.74) is 2.67. The molecule has 2 fully saturated rings. The predicted molar refractivity (Wildman–Crippen MR) is 154 cm³/mol. The molecule has 3 aliphatic rings. The van der Waals surface area contributed by atoms with E-state index in [1.54, 1.807) is 9.80 Å². The van der Waals surface area contributed by atoms with E-state index in [1.807, 2.05) is 24.3 Å². The summed E-state index contributed by atoms with van der Waals surface area (Å²) in [6.45, 7) is 2.88. The molecule has 12 heteroatoms. The molecule has 0 aromatic heterocycles. The van der Waals surface area contributed by atoms with Gasteiger partial charge in [-0.2, -0.15) is 4.39 Å². The number of amides is 2. The van der Waals surface area contributed by atoms with Crippen molar-refractivity contribution in [3.05, 3.63) is 70.5 Å². The summed E-state index contributed by atoms with van der Waals surface area (Å²) in [6.07, 6.45) is 2.37. The molecule has 2 aromatic rings. The Morgan fingerprint density at radius 1 is 0.909 bits per heavy atom. The van der Waals surface area contributed by atoms with Crippen molar-refractivity contribution < 1.29 is 42.1 Å². The summed E-state index contributed by atoms with van der Waals surface area (Å²) in [6, 6.07) is 8.35. The number of piperazine rings is 1. The molecule has 5 rings (SSSR count). The highest BCUT2D eigenvalue weighted by atomic mass is 19.2. The number of nitrogens with zero attached hydrogens (tertiary/aromatic N) is 2. The number of carbonyl (C=O) groups excluding carboxylic acids is 2. The van der Waals surface area contributed by atoms with Crippen molar-refractivity contribution >= 4 is 23.4 Å². The zero-order chi connectivity index (χ0) is 31.2. The van der Waals surface area contributed by atoms with Gasteiger partial charge in [-0.25, -0.2) is 13.6 Å². The first-order valence-electron chi connectivity index (χ1n) is 14.9. The first-order valence-corrected chi connectivity index (χ1v) is 14.9. The van der Waals surface area contributed by atoms with Crippen LogP contribution in [-0.4, -0.2) is 90.8 Å². The Morgan fingerprint density at radius 3 is 2.30 bits per heavy atom. The Balaban J connectivity index is 1.16. The molecule has 0 radical (unpaired) electrons. The van der Waals surface area contributed by atoms with E-state index >= 15 is 0 Å². The van der Waals surface area contributed by atoms with E-state index in [0.717, 1.165) is 22.8 Å². The highest BCUT2D eigenvalue weighted by Gasteiger charge is 2.39. The minimum atomic E-state index is -1.35. The van der Waals surface area contributed by atoms with Crippen molar-refractivity contribution in [2.75, 3.05) is 46.0 Å². The molecule has 3 aliphatic heterocycles. The maximum atomic E-state index is 13.8. The standard InChI is InChI=1S/C32H36F3N3O6/c33-24-10-11-25(34)31(30(24)35)44-14-2-3-20-6-8-21(9-7-20)23-17-22-18-38(19-26(36-22)29(23)32(41)42)28(40)5-1-4-27(39)37-12-15-43-16-13-37/h6-11,22,26,36H,1-5,12-19H2,(H,41,42)/t22-,26-/m1/s1. The average molecular weight is 616 g/mol. The lowest BCUT2D eigenvalue weighted by molar-refractivity contribution is -0.137. The molecule has 9 nitrogen and oxygen atoms in total. The lowest BCUT2D eigenvalue weighted by atomic mass is 9.83. The highest BCUT2D eigenvalue weighted by molar-refractivity contribution is 5.99. The fraction of sp³-hybridized carbons (Fsp3) is 0.469. The van der Waals surface area contributed by atoms with Crippen molar-refractivity contribution in [3.63, 3.8) is 0 Å². The molecule has 0 spiro atoms. The molecular formula is C32H36F3N3O6. The smallest absolute Gasteiger partial charge is 0.333 e. The van der Waals surface area contributed by atoms with E-state index in [9.17, 15) is 32.7 Å². The number of morpholine rings is 1. The third-order valence-corrected chi connectivity index (χ3v) is 8.29. The Bertz CT molecular complexity index is 1410. The number of halogens is 3. The van der Waals surface area contributed by atoms with Crippen molar-refractivity contribution in [1.82, 2.24) is 15.1 Å². The molecule has 2 saturated heterocycles. The van der Waals surface area contributed by atoms with E-state index in [-0.39, 0.29) is 43.0 Å². The number of carbonyl (C=O) groups is 3. The Hall–Kier alpha value is -3.90. The van der Waals surface area contributed by atoms with E-state index in [1.165, 1.54) is 0 Å². The van der Waals surface area contributed by atoms with Crippen LogP contribution < -0.4 is 10.1 Å². The number of hydrogen-bond donors (Lipinski definition) is 2. The number of rotatable bonds is 11. The average Bonchev–Trinajstić information content (AvgIpc) is 3.02. The molecule has 0 unspecified atom stereocenters. The summed E-state index contributed by atoms with van der Waals surface area (Å²) >= 11 is 0. The molecule has 2 aromatic carbocycles. The molecule has 2 amide bonds. The molecule has 44 heavy (non-hydrogen) atoms. The van der Waals surface area contributed by atoms with Crippen LogP contribution in [0.15, 0.2) is 42.0 Å². The third kappa shape index (κ3) is 7.41. The first-order chi connectivity index (χ1) is 21.2. The largest absolute Gasteiger partial charge is 0.488 e. The fourth-order valence-corrected chi connectivity index (χ4v) is 6.05. The molecule has 0 saturated carbocycles. The Labute approximate surface area is 253 Å². The van der Waals surface area contributed by atoms with Gasteiger partial charge >= 0.3 is 5.97 Å². The van der Waals surface area contributed by atoms with Gasteiger partial charge in [-0.1, -0.05) is 24.3 Å². The second-order valence-electron chi connectivity index (χ2n) is 11.3. The molecule has 3 heterocycles. The van der Waals surface area contributed by atoms with Gasteiger partial charge in [0.2, 0.25) is 17.6 Å². The van der Waals surface area contributed by atoms with Gasteiger partial charge < -0.3 is 29.7 Å². The number of nitrogens with one attached hydrogen (secondary N) is 1. The van der Waals surface area contributed by atoms with Gasteiger partial charge in [0.25, 0.3) is 0 Å². The maximum Gasteiger partial charge on any atom is 0.333 e. The normalized spacial score (nSPS) is 20.1. The number of carboxylic acid groups (broad SMARTS) is 1. The summed E-state index contributed by atoms with van der Waals surface area (Å²) in [5, 5.41) is 13.5. The van der Waals surface area contributed by atoms with E-state index in [0.29, 0.717) is 71.0 Å². The first kappa shape index (κ1) is 31.5. The van der Waals surface area contributed by atoms with Crippen LogP contribution in [0, 0.1) is 17.5 Å². The number of ether oxygens (including phenoxy) is 2. The third-order valence-electron chi connectivity index (χ3n) is 8.29. The minimum absolute atomic E-state index is 0.0121. The molecule has 2 N–H and O–H groups in total. The number of fused-ring (bicyclic) bond motifs is 2. The quantitative estimate of drug-likeness (QED) is 0.294. The Morgan fingerprint density at radius 2 is 1.59 bits per heavy atom. The monoisotopic (exact) mass is 615 g/mol. The number of aliphatic carboxylic acids is 1. The van der Waals surface area contributed by atoms with Crippen molar-refractivity contribution in [2.45, 2.75) is 50.6 Å². The van der Waals surface area contributed by atoms with Gasteiger partial charge in [-0.15, -0.1) is 0 Å². The van der Waals surface area contributed by atoms with E-state index in [2.05, 4.69) is 5.32 Å². The maximum absolute atomic E-state index is 13.8. The van der Waals surface area contributed by atoms with Gasteiger partial charge in [0.05, 0.1) is 31.4 Å². The molecule has 236 valence electrons. The Kier molecular flexibility index (Phi) is 10.2. The van der Waals surface area contributed by atoms with Crippen LogP contribution in [-0.2, 0) is 25.5 Å². The van der Waals surface area contributed by atoms with Crippen LogP contribution >= 0.6 is 0 Å². The van der Waals surface area contributed by atoms with Crippen LogP contribution in [0.1, 0.15) is 43.2 Å². The minimum Gasteiger partial charge on any atom is -0.488 e. The van der Waals surface area contributed by atoms with Crippen molar-refractivity contribution in [1.29, 1.82) is 0 Å². The molecule has 0 aliphatic carbocycles. The predicted octanol–water partition coefficient (Wildman–Crippen LogP) is 3.56.